The molecule has 2 rings (SSSR count). The van der Waals surface area contributed by atoms with Crippen molar-refractivity contribution in [2.45, 2.75) is 10.6 Å². The number of nitrogen functional groups attached to an aromatic ring is 1. The lowest BCUT2D eigenvalue weighted by atomic mass is 10.2. The molecule has 0 saturated carbocycles. The lowest BCUT2D eigenvalue weighted by molar-refractivity contribution is 0.475. The molecule has 18 heavy (non-hydrogen) atoms. The molecule has 0 bridgehead atoms. The van der Waals surface area contributed by atoms with E-state index in [2.05, 4.69) is 0 Å². The van der Waals surface area contributed by atoms with Crippen LogP contribution in [0.15, 0.2) is 47.4 Å². The summed E-state index contributed by atoms with van der Waals surface area (Å²) in [6.45, 7) is 0. The molecule has 5 heteroatoms. The minimum atomic E-state index is -1.26. The van der Waals surface area contributed by atoms with Gasteiger partial charge in [0.2, 0.25) is 0 Å². The van der Waals surface area contributed by atoms with Crippen LogP contribution in [0, 0.1) is 0 Å². The maximum Gasteiger partial charge on any atom is 0.115 e. The topological polar surface area (TPSA) is 63.3 Å². The minimum Gasteiger partial charge on any atom is -0.508 e. The summed E-state index contributed by atoms with van der Waals surface area (Å²) in [7, 11) is -1.26. The first kappa shape index (κ1) is 12.9. The Kier molecular flexibility index (Phi) is 3.89. The summed E-state index contributed by atoms with van der Waals surface area (Å²) in [4.78, 5) is 0.532. The second-order valence-electron chi connectivity index (χ2n) is 3.85. The van der Waals surface area contributed by atoms with E-state index >= 15 is 0 Å². The molecule has 3 nitrogen and oxygen atoms in total. The van der Waals surface area contributed by atoms with Crippen LogP contribution in [0.2, 0.25) is 5.02 Å². The average molecular weight is 282 g/mol. The van der Waals surface area contributed by atoms with Gasteiger partial charge < -0.3 is 10.8 Å². The van der Waals surface area contributed by atoms with E-state index in [1.54, 1.807) is 42.5 Å². The zero-order valence-corrected chi connectivity index (χ0v) is 11.0. The largest absolute Gasteiger partial charge is 0.508 e. The lowest BCUT2D eigenvalue weighted by Crippen LogP contribution is -1.98. The fraction of sp³-hybridized carbons (Fsp3) is 0.0769. The summed E-state index contributed by atoms with van der Waals surface area (Å²) < 4.78 is 12.2. The van der Waals surface area contributed by atoms with Gasteiger partial charge in [-0.25, -0.2) is 0 Å². The monoisotopic (exact) mass is 281 g/mol. The number of anilines is 1. The molecule has 3 N–H and O–H groups in total. The molecule has 94 valence electrons. The molecule has 1 atom stereocenters. The molecular formula is C13H12ClNO2S. The highest BCUT2D eigenvalue weighted by molar-refractivity contribution is 7.84. The molecule has 0 saturated heterocycles. The van der Waals surface area contributed by atoms with Crippen LogP contribution in [0.5, 0.6) is 5.75 Å². The minimum absolute atomic E-state index is 0.187. The lowest BCUT2D eigenvalue weighted by Gasteiger charge is -2.06. The number of hydrogen-bond acceptors (Lipinski definition) is 3. The molecule has 0 aliphatic carbocycles. The highest BCUT2D eigenvalue weighted by Gasteiger charge is 2.10. The number of aromatic hydroxyl groups is 1. The quantitative estimate of drug-likeness (QED) is 0.850. The number of phenolic OH excluding ortho intramolecular Hbond substituents is 1. The normalized spacial score (nSPS) is 12.3. The summed E-state index contributed by atoms with van der Waals surface area (Å²) in [5.74, 6) is 0.523. The molecule has 2 aromatic rings. The Morgan fingerprint density at radius 3 is 2.50 bits per heavy atom. The molecule has 0 amide bonds. The van der Waals surface area contributed by atoms with Gasteiger partial charge >= 0.3 is 0 Å². The van der Waals surface area contributed by atoms with Crippen molar-refractivity contribution in [3.05, 3.63) is 53.1 Å². The highest BCUT2D eigenvalue weighted by Crippen LogP contribution is 2.24. The van der Waals surface area contributed by atoms with Gasteiger partial charge in [-0.15, -0.1) is 0 Å². The third kappa shape index (κ3) is 3.03. The van der Waals surface area contributed by atoms with E-state index in [0.717, 1.165) is 5.56 Å². The third-order valence-electron chi connectivity index (χ3n) is 2.43. The van der Waals surface area contributed by atoms with Crippen LogP contribution in [0.25, 0.3) is 0 Å². The predicted octanol–water partition coefficient (Wildman–Crippen LogP) is 2.94. The average Bonchev–Trinajstić information content (AvgIpc) is 2.35. The van der Waals surface area contributed by atoms with Crippen molar-refractivity contribution in [2.75, 3.05) is 5.73 Å². The maximum absolute atomic E-state index is 12.2. The molecule has 0 aromatic heterocycles. The Balaban J connectivity index is 2.21. The van der Waals surface area contributed by atoms with Crippen LogP contribution in [0.1, 0.15) is 5.56 Å². The fourth-order valence-corrected chi connectivity index (χ4v) is 3.10. The van der Waals surface area contributed by atoms with Crippen LogP contribution >= 0.6 is 11.6 Å². The third-order valence-corrected chi connectivity index (χ3v) is 4.30. The Labute approximate surface area is 113 Å². The SMILES string of the molecule is Nc1ccc(Cl)c(S(=O)Cc2ccc(O)cc2)c1. The molecule has 0 spiro atoms. The van der Waals surface area contributed by atoms with Crippen LogP contribution in [0.3, 0.4) is 0 Å². The molecule has 2 aromatic carbocycles. The van der Waals surface area contributed by atoms with Gasteiger partial charge in [0.05, 0.1) is 26.5 Å². The van der Waals surface area contributed by atoms with E-state index in [4.69, 9.17) is 17.3 Å². The smallest absolute Gasteiger partial charge is 0.115 e. The number of benzene rings is 2. The van der Waals surface area contributed by atoms with Gasteiger partial charge in [-0.05, 0) is 35.9 Å². The zero-order chi connectivity index (χ0) is 13.1. The Hall–Kier alpha value is -1.52. The second-order valence-corrected chi connectivity index (χ2v) is 5.67. The summed E-state index contributed by atoms with van der Waals surface area (Å²) in [6.07, 6.45) is 0. The molecule has 0 aliphatic rings. The Morgan fingerprint density at radius 2 is 1.83 bits per heavy atom. The van der Waals surface area contributed by atoms with E-state index in [-0.39, 0.29) is 5.75 Å². The molecule has 0 radical (unpaired) electrons. The van der Waals surface area contributed by atoms with Crippen LogP contribution in [-0.4, -0.2) is 9.32 Å². The van der Waals surface area contributed by atoms with Gasteiger partial charge in [0.25, 0.3) is 0 Å². The number of rotatable bonds is 3. The summed E-state index contributed by atoms with van der Waals surface area (Å²) in [5.41, 5.74) is 7.05. The van der Waals surface area contributed by atoms with E-state index < -0.39 is 10.8 Å². The molecule has 0 aliphatic heterocycles. The second kappa shape index (κ2) is 5.42. The zero-order valence-electron chi connectivity index (χ0n) is 9.47. The number of phenols is 1. The van der Waals surface area contributed by atoms with E-state index in [1.807, 2.05) is 0 Å². The highest BCUT2D eigenvalue weighted by atomic mass is 35.5. The first-order valence-corrected chi connectivity index (χ1v) is 6.97. The first-order valence-electron chi connectivity index (χ1n) is 5.27. The van der Waals surface area contributed by atoms with Gasteiger partial charge in [0, 0.05) is 5.69 Å². The summed E-state index contributed by atoms with van der Waals surface area (Å²) in [6, 6.07) is 11.5. The van der Waals surface area contributed by atoms with Gasteiger partial charge in [-0.1, -0.05) is 23.7 Å². The first-order chi connectivity index (χ1) is 8.56. The van der Waals surface area contributed by atoms with Gasteiger partial charge in [-0.3, -0.25) is 4.21 Å². The summed E-state index contributed by atoms with van der Waals surface area (Å²) in [5, 5.41) is 9.62. The van der Waals surface area contributed by atoms with Crippen LogP contribution in [-0.2, 0) is 16.6 Å². The van der Waals surface area contributed by atoms with Crippen molar-refractivity contribution in [1.82, 2.24) is 0 Å². The number of halogens is 1. The van der Waals surface area contributed by atoms with Crippen molar-refractivity contribution in [2.24, 2.45) is 0 Å². The van der Waals surface area contributed by atoms with E-state index in [0.29, 0.717) is 21.4 Å². The van der Waals surface area contributed by atoms with E-state index in [1.165, 1.54) is 0 Å². The van der Waals surface area contributed by atoms with E-state index in [9.17, 15) is 9.32 Å². The van der Waals surface area contributed by atoms with Gasteiger partial charge in [0.15, 0.2) is 0 Å². The fourth-order valence-electron chi connectivity index (χ4n) is 1.52. The Bertz CT molecular complexity index is 584. The van der Waals surface area contributed by atoms with Crippen molar-refractivity contribution in [3.8, 4) is 5.75 Å². The van der Waals surface area contributed by atoms with Crippen molar-refractivity contribution >= 4 is 28.1 Å². The van der Waals surface area contributed by atoms with Gasteiger partial charge in [0.1, 0.15) is 5.75 Å². The Morgan fingerprint density at radius 1 is 1.17 bits per heavy atom. The van der Waals surface area contributed by atoms with Crippen molar-refractivity contribution < 1.29 is 9.32 Å². The van der Waals surface area contributed by atoms with Crippen molar-refractivity contribution in [1.29, 1.82) is 0 Å². The van der Waals surface area contributed by atoms with Crippen LogP contribution in [0.4, 0.5) is 5.69 Å². The standard InChI is InChI=1S/C13H12ClNO2S/c14-12-6-3-10(15)7-13(12)18(17)8-9-1-4-11(16)5-2-9/h1-7,16H,8,15H2. The molecule has 1 unspecified atom stereocenters. The predicted molar refractivity (Wildman–Crippen MR) is 74.1 cm³/mol. The maximum atomic E-state index is 12.2. The number of nitrogens with two attached hydrogens (primary N) is 1. The van der Waals surface area contributed by atoms with Crippen LogP contribution < -0.4 is 5.73 Å². The van der Waals surface area contributed by atoms with Crippen molar-refractivity contribution in [3.63, 3.8) is 0 Å². The molecular weight excluding hydrogens is 270 g/mol. The summed E-state index contributed by atoms with van der Waals surface area (Å²) >= 11 is 5.99. The van der Waals surface area contributed by atoms with Gasteiger partial charge in [-0.2, -0.15) is 0 Å². The number of hydrogen-bond donors (Lipinski definition) is 2. The molecule has 0 heterocycles. The molecule has 0 fully saturated rings.